The standard InChI is InChI=1S/C11H11N3O3/c15-6-7-3-4-12-9(5-7)13-8-1-2-10(16)14-11(8)17/h3-6,8H,1-2H2,(H,12,13)(H,14,16,17). The summed E-state index contributed by atoms with van der Waals surface area (Å²) in [4.78, 5) is 37.0. The number of imide groups is 1. The van der Waals surface area contributed by atoms with Crippen molar-refractivity contribution in [1.29, 1.82) is 0 Å². The number of anilines is 1. The molecule has 1 atom stereocenters. The van der Waals surface area contributed by atoms with Gasteiger partial charge in [0.2, 0.25) is 11.8 Å². The number of nitrogens with zero attached hydrogens (tertiary/aromatic N) is 1. The number of aldehydes is 1. The summed E-state index contributed by atoms with van der Waals surface area (Å²) in [6.45, 7) is 0. The van der Waals surface area contributed by atoms with Crippen molar-refractivity contribution >= 4 is 23.9 Å². The molecule has 0 bridgehead atoms. The Labute approximate surface area is 97.4 Å². The molecule has 1 aliphatic rings. The molecular formula is C11H11N3O3. The minimum absolute atomic E-state index is 0.261. The third-order valence-electron chi connectivity index (χ3n) is 2.48. The van der Waals surface area contributed by atoms with Gasteiger partial charge >= 0.3 is 0 Å². The quantitative estimate of drug-likeness (QED) is 0.571. The lowest BCUT2D eigenvalue weighted by atomic mass is 10.1. The number of hydrogen-bond acceptors (Lipinski definition) is 5. The van der Waals surface area contributed by atoms with Gasteiger partial charge in [0.15, 0.2) is 0 Å². The second-order valence-corrected chi connectivity index (χ2v) is 3.74. The zero-order valence-corrected chi connectivity index (χ0v) is 8.97. The number of carbonyl (C=O) groups excluding carboxylic acids is 3. The lowest BCUT2D eigenvalue weighted by Gasteiger charge is -2.22. The molecule has 1 aliphatic heterocycles. The van der Waals surface area contributed by atoms with Crippen molar-refractivity contribution in [3.63, 3.8) is 0 Å². The normalized spacial score (nSPS) is 19.6. The number of carbonyl (C=O) groups is 3. The van der Waals surface area contributed by atoms with Crippen molar-refractivity contribution in [2.24, 2.45) is 0 Å². The Morgan fingerprint density at radius 1 is 1.47 bits per heavy atom. The van der Waals surface area contributed by atoms with Crippen molar-refractivity contribution in [2.45, 2.75) is 18.9 Å². The molecule has 0 aromatic carbocycles. The highest BCUT2D eigenvalue weighted by Gasteiger charge is 2.26. The van der Waals surface area contributed by atoms with Crippen molar-refractivity contribution in [2.75, 3.05) is 5.32 Å². The van der Waals surface area contributed by atoms with E-state index in [1.54, 1.807) is 12.1 Å². The van der Waals surface area contributed by atoms with Crippen LogP contribution in [0, 0.1) is 0 Å². The smallest absolute Gasteiger partial charge is 0.249 e. The lowest BCUT2D eigenvalue weighted by molar-refractivity contribution is -0.133. The van der Waals surface area contributed by atoms with Gasteiger partial charge in [-0.05, 0) is 18.6 Å². The molecule has 88 valence electrons. The van der Waals surface area contributed by atoms with Crippen LogP contribution in [-0.4, -0.2) is 29.1 Å². The van der Waals surface area contributed by atoms with Crippen LogP contribution in [-0.2, 0) is 9.59 Å². The third kappa shape index (κ3) is 2.66. The largest absolute Gasteiger partial charge is 0.358 e. The minimum atomic E-state index is -0.484. The van der Waals surface area contributed by atoms with E-state index in [-0.39, 0.29) is 11.8 Å². The fourth-order valence-electron chi connectivity index (χ4n) is 1.61. The van der Waals surface area contributed by atoms with Crippen LogP contribution in [0.3, 0.4) is 0 Å². The molecule has 2 rings (SSSR count). The summed E-state index contributed by atoms with van der Waals surface area (Å²) >= 11 is 0. The van der Waals surface area contributed by atoms with Gasteiger partial charge in [-0.3, -0.25) is 19.7 Å². The van der Waals surface area contributed by atoms with Gasteiger partial charge in [0.05, 0.1) is 0 Å². The van der Waals surface area contributed by atoms with Gasteiger partial charge in [0, 0.05) is 18.2 Å². The summed E-state index contributed by atoms with van der Waals surface area (Å²) in [7, 11) is 0. The van der Waals surface area contributed by atoms with E-state index in [1.807, 2.05) is 0 Å². The predicted octanol–water partition coefficient (Wildman–Crippen LogP) is 0.111. The molecule has 1 aromatic heterocycles. The first-order valence-corrected chi connectivity index (χ1v) is 5.20. The van der Waals surface area contributed by atoms with E-state index in [2.05, 4.69) is 15.6 Å². The lowest BCUT2D eigenvalue weighted by Crippen LogP contribution is -2.47. The van der Waals surface area contributed by atoms with Gasteiger partial charge < -0.3 is 5.32 Å². The number of pyridine rings is 1. The second-order valence-electron chi connectivity index (χ2n) is 3.74. The third-order valence-corrected chi connectivity index (χ3v) is 2.48. The Balaban J connectivity index is 2.07. The highest BCUT2D eigenvalue weighted by molar-refractivity contribution is 6.01. The van der Waals surface area contributed by atoms with Crippen LogP contribution in [0.4, 0.5) is 5.82 Å². The van der Waals surface area contributed by atoms with Crippen molar-refractivity contribution < 1.29 is 14.4 Å². The van der Waals surface area contributed by atoms with Crippen LogP contribution >= 0.6 is 0 Å². The highest BCUT2D eigenvalue weighted by atomic mass is 16.2. The maximum Gasteiger partial charge on any atom is 0.249 e. The monoisotopic (exact) mass is 233 g/mol. The maximum absolute atomic E-state index is 11.5. The van der Waals surface area contributed by atoms with Crippen LogP contribution < -0.4 is 10.6 Å². The van der Waals surface area contributed by atoms with Crippen LogP contribution in [0.25, 0.3) is 0 Å². The van der Waals surface area contributed by atoms with Gasteiger partial charge in [-0.25, -0.2) is 4.98 Å². The van der Waals surface area contributed by atoms with E-state index in [4.69, 9.17) is 0 Å². The average Bonchev–Trinajstić information content (AvgIpc) is 2.33. The summed E-state index contributed by atoms with van der Waals surface area (Å²) < 4.78 is 0. The Bertz CT molecular complexity index is 473. The summed E-state index contributed by atoms with van der Waals surface area (Å²) in [6, 6.07) is 2.64. The summed E-state index contributed by atoms with van der Waals surface area (Å²) in [5.41, 5.74) is 0.481. The van der Waals surface area contributed by atoms with Gasteiger partial charge in [0.25, 0.3) is 0 Å². The molecular weight excluding hydrogens is 222 g/mol. The number of aromatic nitrogens is 1. The van der Waals surface area contributed by atoms with Gasteiger partial charge in [-0.1, -0.05) is 0 Å². The fourth-order valence-corrected chi connectivity index (χ4v) is 1.61. The molecule has 1 aromatic rings. The van der Waals surface area contributed by atoms with Crippen LogP contribution in [0.15, 0.2) is 18.3 Å². The van der Waals surface area contributed by atoms with Crippen molar-refractivity contribution in [1.82, 2.24) is 10.3 Å². The molecule has 2 N–H and O–H groups in total. The second kappa shape index (κ2) is 4.73. The molecule has 1 fully saturated rings. The fraction of sp³-hybridized carbons (Fsp3) is 0.273. The molecule has 2 amide bonds. The molecule has 2 heterocycles. The number of piperidine rings is 1. The van der Waals surface area contributed by atoms with E-state index in [0.717, 1.165) is 0 Å². The van der Waals surface area contributed by atoms with E-state index >= 15 is 0 Å². The Kier molecular flexibility index (Phi) is 3.13. The van der Waals surface area contributed by atoms with Gasteiger partial charge in [0.1, 0.15) is 18.1 Å². The molecule has 0 saturated carbocycles. The van der Waals surface area contributed by atoms with Crippen LogP contribution in [0.2, 0.25) is 0 Å². The summed E-state index contributed by atoms with van der Waals surface area (Å²) in [5.74, 6) is -0.175. The number of amides is 2. The zero-order valence-electron chi connectivity index (χ0n) is 8.97. The molecule has 1 unspecified atom stereocenters. The molecule has 6 heteroatoms. The van der Waals surface area contributed by atoms with Crippen molar-refractivity contribution in [3.05, 3.63) is 23.9 Å². The van der Waals surface area contributed by atoms with Gasteiger partial charge in [-0.2, -0.15) is 0 Å². The first kappa shape index (κ1) is 11.3. The maximum atomic E-state index is 11.5. The average molecular weight is 233 g/mol. The Morgan fingerprint density at radius 3 is 3.00 bits per heavy atom. The molecule has 6 nitrogen and oxygen atoms in total. The Morgan fingerprint density at radius 2 is 2.29 bits per heavy atom. The topological polar surface area (TPSA) is 88.2 Å². The van der Waals surface area contributed by atoms with E-state index in [0.29, 0.717) is 30.5 Å². The highest BCUT2D eigenvalue weighted by Crippen LogP contribution is 2.12. The summed E-state index contributed by atoms with van der Waals surface area (Å²) in [6.07, 6.45) is 2.92. The van der Waals surface area contributed by atoms with Crippen LogP contribution in [0.5, 0.6) is 0 Å². The Hall–Kier alpha value is -2.24. The predicted molar refractivity (Wildman–Crippen MR) is 59.4 cm³/mol. The number of rotatable bonds is 3. The van der Waals surface area contributed by atoms with Crippen LogP contribution in [0.1, 0.15) is 23.2 Å². The van der Waals surface area contributed by atoms with Crippen molar-refractivity contribution in [3.8, 4) is 0 Å². The van der Waals surface area contributed by atoms with Gasteiger partial charge in [-0.15, -0.1) is 0 Å². The van der Waals surface area contributed by atoms with E-state index in [1.165, 1.54) is 6.20 Å². The number of nitrogens with one attached hydrogen (secondary N) is 2. The summed E-state index contributed by atoms with van der Waals surface area (Å²) in [5, 5.41) is 5.13. The molecule has 1 saturated heterocycles. The molecule has 17 heavy (non-hydrogen) atoms. The van der Waals surface area contributed by atoms with E-state index < -0.39 is 6.04 Å². The first-order valence-electron chi connectivity index (χ1n) is 5.20. The first-order chi connectivity index (χ1) is 8.19. The minimum Gasteiger partial charge on any atom is -0.358 e. The molecule has 0 aliphatic carbocycles. The zero-order chi connectivity index (χ0) is 12.3. The van der Waals surface area contributed by atoms with E-state index in [9.17, 15) is 14.4 Å². The molecule has 0 spiro atoms. The number of hydrogen-bond donors (Lipinski definition) is 2. The SMILES string of the molecule is O=Cc1ccnc(NC2CCC(=O)NC2=O)c1. The molecule has 0 radical (unpaired) electrons.